The molecular formula is C22H30FN5O2. The van der Waals surface area contributed by atoms with E-state index in [9.17, 15) is 9.18 Å². The van der Waals surface area contributed by atoms with Crippen molar-refractivity contribution in [3.63, 3.8) is 0 Å². The van der Waals surface area contributed by atoms with Crippen LogP contribution in [0.15, 0.2) is 30.5 Å². The minimum Gasteiger partial charge on any atom is -0.383 e. The molecule has 7 nitrogen and oxygen atoms in total. The Balaban J connectivity index is 1.55. The standard InChI is InChI=1S/C22H30FN5O2/c1-15-10-19(27-21-5-4-18(23)12-24-21)11-20(25-15)17-6-8-28(9-7-17)13-22(29)26-16(2)14-30-3/h4-5,10-12,16-17H,6-9,13-14H2,1-3H3,(H,26,29)(H,24,25,27)/t16-/m1/s1. The topological polar surface area (TPSA) is 79.4 Å². The first-order valence-electron chi connectivity index (χ1n) is 10.3. The minimum absolute atomic E-state index is 0.0121. The fraction of sp³-hybridized carbons (Fsp3) is 0.500. The second kappa shape index (κ2) is 10.4. The zero-order chi connectivity index (χ0) is 21.5. The number of ether oxygens (including phenoxy) is 1. The third-order valence-electron chi connectivity index (χ3n) is 5.17. The van der Waals surface area contributed by atoms with Crippen LogP contribution in [0.25, 0.3) is 0 Å². The van der Waals surface area contributed by atoms with Crippen molar-refractivity contribution in [2.45, 2.75) is 38.6 Å². The summed E-state index contributed by atoms with van der Waals surface area (Å²) >= 11 is 0. The highest BCUT2D eigenvalue weighted by Crippen LogP contribution is 2.29. The van der Waals surface area contributed by atoms with Gasteiger partial charge in [0.15, 0.2) is 0 Å². The molecule has 0 aromatic carbocycles. The van der Waals surface area contributed by atoms with E-state index in [-0.39, 0.29) is 17.8 Å². The van der Waals surface area contributed by atoms with Crippen LogP contribution >= 0.6 is 0 Å². The normalized spacial score (nSPS) is 16.3. The van der Waals surface area contributed by atoms with Crippen LogP contribution in [0, 0.1) is 12.7 Å². The predicted octanol–water partition coefficient (Wildman–Crippen LogP) is 3.00. The molecule has 30 heavy (non-hydrogen) atoms. The Kier molecular flexibility index (Phi) is 7.70. The number of aromatic nitrogens is 2. The number of nitrogens with one attached hydrogen (secondary N) is 2. The van der Waals surface area contributed by atoms with E-state index in [1.807, 2.05) is 26.0 Å². The highest BCUT2D eigenvalue weighted by atomic mass is 19.1. The molecule has 1 atom stereocenters. The molecule has 1 amide bonds. The maximum atomic E-state index is 13.1. The number of halogens is 1. The maximum Gasteiger partial charge on any atom is 0.234 e. The first-order chi connectivity index (χ1) is 14.4. The Hall–Kier alpha value is -2.58. The van der Waals surface area contributed by atoms with E-state index in [1.54, 1.807) is 13.2 Å². The fourth-order valence-electron chi connectivity index (χ4n) is 3.78. The lowest BCUT2D eigenvalue weighted by Crippen LogP contribution is -2.44. The molecule has 2 aromatic heterocycles. The van der Waals surface area contributed by atoms with Gasteiger partial charge in [0.1, 0.15) is 11.6 Å². The SMILES string of the molecule is COC[C@@H](C)NC(=O)CN1CCC(c2cc(Nc3ccc(F)cn3)cc(C)n2)CC1. The maximum absolute atomic E-state index is 13.1. The van der Waals surface area contributed by atoms with Crippen molar-refractivity contribution in [3.8, 4) is 0 Å². The van der Waals surface area contributed by atoms with Crippen LogP contribution in [0.3, 0.4) is 0 Å². The molecule has 1 aliphatic rings. The summed E-state index contributed by atoms with van der Waals surface area (Å²) in [6.07, 6.45) is 3.09. The van der Waals surface area contributed by atoms with Crippen LogP contribution in [0.2, 0.25) is 0 Å². The predicted molar refractivity (Wildman–Crippen MR) is 114 cm³/mol. The Morgan fingerprint density at radius 1 is 1.33 bits per heavy atom. The van der Waals surface area contributed by atoms with Crippen molar-refractivity contribution >= 4 is 17.4 Å². The van der Waals surface area contributed by atoms with Gasteiger partial charge in [-0.2, -0.15) is 0 Å². The highest BCUT2D eigenvalue weighted by Gasteiger charge is 2.23. The quantitative estimate of drug-likeness (QED) is 0.690. The number of anilines is 2. The lowest BCUT2D eigenvalue weighted by atomic mass is 9.92. The third-order valence-corrected chi connectivity index (χ3v) is 5.17. The van der Waals surface area contributed by atoms with Gasteiger partial charge < -0.3 is 15.4 Å². The number of methoxy groups -OCH3 is 1. The second-order valence-electron chi connectivity index (χ2n) is 7.88. The molecule has 1 saturated heterocycles. The lowest BCUT2D eigenvalue weighted by Gasteiger charge is -2.31. The zero-order valence-corrected chi connectivity index (χ0v) is 17.8. The molecule has 3 rings (SSSR count). The average Bonchev–Trinajstić information content (AvgIpc) is 2.70. The highest BCUT2D eigenvalue weighted by molar-refractivity contribution is 5.78. The Morgan fingerprint density at radius 3 is 2.77 bits per heavy atom. The minimum atomic E-state index is -0.360. The van der Waals surface area contributed by atoms with Gasteiger partial charge in [-0.3, -0.25) is 14.7 Å². The van der Waals surface area contributed by atoms with Crippen molar-refractivity contribution in [2.75, 3.05) is 38.7 Å². The van der Waals surface area contributed by atoms with Gasteiger partial charge in [0.05, 0.1) is 19.3 Å². The van der Waals surface area contributed by atoms with Crippen molar-refractivity contribution in [1.82, 2.24) is 20.2 Å². The van der Waals surface area contributed by atoms with Gasteiger partial charge in [-0.05, 0) is 64.0 Å². The second-order valence-corrected chi connectivity index (χ2v) is 7.88. The lowest BCUT2D eigenvalue weighted by molar-refractivity contribution is -0.123. The van der Waals surface area contributed by atoms with Crippen LogP contribution in [-0.4, -0.2) is 60.2 Å². The molecule has 8 heteroatoms. The number of hydrogen-bond donors (Lipinski definition) is 2. The Bertz CT molecular complexity index is 838. The van der Waals surface area contributed by atoms with E-state index < -0.39 is 0 Å². The number of aryl methyl sites for hydroxylation is 1. The van der Waals surface area contributed by atoms with Crippen molar-refractivity contribution in [1.29, 1.82) is 0 Å². The summed E-state index contributed by atoms with van der Waals surface area (Å²) in [5.74, 6) is 0.612. The summed E-state index contributed by atoms with van der Waals surface area (Å²) in [4.78, 5) is 23.1. The molecule has 0 bridgehead atoms. The molecule has 2 N–H and O–H groups in total. The van der Waals surface area contributed by atoms with Crippen molar-refractivity contribution < 1.29 is 13.9 Å². The van der Waals surface area contributed by atoms with Crippen LogP contribution in [0.5, 0.6) is 0 Å². The summed E-state index contributed by atoms with van der Waals surface area (Å²) in [6.45, 7) is 6.53. The van der Waals surface area contributed by atoms with E-state index in [0.717, 1.165) is 43.0 Å². The van der Waals surface area contributed by atoms with Gasteiger partial charge in [0.25, 0.3) is 0 Å². The summed E-state index contributed by atoms with van der Waals surface area (Å²) in [6, 6.07) is 7.00. The molecule has 0 saturated carbocycles. The molecule has 0 aliphatic carbocycles. The van der Waals surface area contributed by atoms with Crippen LogP contribution in [0.1, 0.15) is 37.1 Å². The number of carbonyl (C=O) groups excluding carboxylic acids is 1. The Morgan fingerprint density at radius 2 is 2.10 bits per heavy atom. The molecular weight excluding hydrogens is 385 g/mol. The Labute approximate surface area is 177 Å². The molecule has 0 unspecified atom stereocenters. The first kappa shape index (κ1) is 22.1. The number of amides is 1. The molecule has 3 heterocycles. The molecule has 1 fully saturated rings. The van der Waals surface area contributed by atoms with Gasteiger partial charge in [-0.15, -0.1) is 0 Å². The summed E-state index contributed by atoms with van der Waals surface area (Å²) in [7, 11) is 1.63. The first-order valence-corrected chi connectivity index (χ1v) is 10.3. The monoisotopic (exact) mass is 415 g/mol. The number of likely N-dealkylation sites (tertiary alicyclic amines) is 1. The van der Waals surface area contributed by atoms with E-state index in [4.69, 9.17) is 9.72 Å². The molecule has 0 spiro atoms. The summed E-state index contributed by atoms with van der Waals surface area (Å²) in [5, 5.41) is 6.18. The van der Waals surface area contributed by atoms with Gasteiger partial charge >= 0.3 is 0 Å². The number of carbonyl (C=O) groups is 1. The van der Waals surface area contributed by atoms with Gasteiger partial charge in [0, 0.05) is 36.1 Å². The van der Waals surface area contributed by atoms with E-state index in [0.29, 0.717) is 24.9 Å². The molecule has 1 aliphatic heterocycles. The van der Waals surface area contributed by atoms with E-state index >= 15 is 0 Å². The summed E-state index contributed by atoms with van der Waals surface area (Å²) in [5.41, 5.74) is 2.86. The van der Waals surface area contributed by atoms with Crippen LogP contribution in [-0.2, 0) is 9.53 Å². The smallest absolute Gasteiger partial charge is 0.234 e. The molecule has 2 aromatic rings. The summed E-state index contributed by atoms with van der Waals surface area (Å²) < 4.78 is 18.1. The average molecular weight is 416 g/mol. The van der Waals surface area contributed by atoms with E-state index in [2.05, 4.69) is 20.5 Å². The fourth-order valence-corrected chi connectivity index (χ4v) is 3.78. The molecule has 0 radical (unpaired) electrons. The zero-order valence-electron chi connectivity index (χ0n) is 17.8. The number of nitrogens with zero attached hydrogens (tertiary/aromatic N) is 3. The number of hydrogen-bond acceptors (Lipinski definition) is 6. The van der Waals surface area contributed by atoms with Gasteiger partial charge in [-0.1, -0.05) is 0 Å². The van der Waals surface area contributed by atoms with Gasteiger partial charge in [-0.25, -0.2) is 9.37 Å². The molecule has 162 valence electrons. The van der Waals surface area contributed by atoms with Crippen LogP contribution in [0.4, 0.5) is 15.9 Å². The number of pyridine rings is 2. The van der Waals surface area contributed by atoms with E-state index in [1.165, 1.54) is 12.3 Å². The number of rotatable bonds is 8. The van der Waals surface area contributed by atoms with Crippen LogP contribution < -0.4 is 10.6 Å². The van der Waals surface area contributed by atoms with Crippen molar-refractivity contribution in [2.24, 2.45) is 0 Å². The third kappa shape index (κ3) is 6.47. The largest absolute Gasteiger partial charge is 0.383 e. The van der Waals surface area contributed by atoms with Crippen molar-refractivity contribution in [3.05, 3.63) is 47.7 Å². The van der Waals surface area contributed by atoms with Gasteiger partial charge in [0.2, 0.25) is 5.91 Å². The number of piperidine rings is 1.